The number of hydrogen-bond donors (Lipinski definition) is 1. The zero-order valence-electron chi connectivity index (χ0n) is 13.4. The predicted molar refractivity (Wildman–Crippen MR) is 94.9 cm³/mol. The standard InChI is InChI=1S/C17H18ClFN2O2S/c1-3-10-7-8-24-17-20-9(2)13(16(22)23)15(21(10)17)14-11(18)5-4-6-12(14)19/h4-6,10,15H,3,7-8H2,1-2H3,(H,22,23). The van der Waals surface area contributed by atoms with E-state index in [1.54, 1.807) is 24.8 Å². The van der Waals surface area contributed by atoms with Gasteiger partial charge in [-0.1, -0.05) is 36.4 Å². The number of carboxylic acids is 1. The fourth-order valence-corrected chi connectivity index (χ4v) is 4.78. The Morgan fingerprint density at radius 1 is 1.54 bits per heavy atom. The van der Waals surface area contributed by atoms with E-state index in [4.69, 9.17) is 11.6 Å². The van der Waals surface area contributed by atoms with E-state index >= 15 is 0 Å². The molecule has 3 rings (SSSR count). The van der Waals surface area contributed by atoms with Crippen molar-refractivity contribution in [2.75, 3.05) is 5.75 Å². The molecule has 0 aromatic heterocycles. The lowest BCUT2D eigenvalue weighted by Gasteiger charge is -2.45. The number of benzene rings is 1. The molecular formula is C17H18ClFN2O2S. The molecule has 128 valence electrons. The van der Waals surface area contributed by atoms with Crippen LogP contribution in [0.2, 0.25) is 5.02 Å². The Morgan fingerprint density at radius 2 is 2.29 bits per heavy atom. The highest BCUT2D eigenvalue weighted by Gasteiger charge is 2.42. The van der Waals surface area contributed by atoms with E-state index < -0.39 is 17.8 Å². The molecule has 2 aliphatic rings. The number of nitrogens with zero attached hydrogens (tertiary/aromatic N) is 2. The van der Waals surface area contributed by atoms with Crippen LogP contribution < -0.4 is 0 Å². The molecule has 0 amide bonds. The maximum atomic E-state index is 14.6. The summed E-state index contributed by atoms with van der Waals surface area (Å²) < 4.78 is 14.6. The number of amidine groups is 1. The summed E-state index contributed by atoms with van der Waals surface area (Å²) in [7, 11) is 0. The summed E-state index contributed by atoms with van der Waals surface area (Å²) in [6.45, 7) is 3.70. The summed E-state index contributed by atoms with van der Waals surface area (Å²) in [6, 6.07) is 3.78. The minimum absolute atomic E-state index is 0.0895. The number of rotatable bonds is 3. The van der Waals surface area contributed by atoms with E-state index in [2.05, 4.69) is 4.99 Å². The van der Waals surface area contributed by atoms with Crippen LogP contribution in [0.5, 0.6) is 0 Å². The maximum Gasteiger partial charge on any atom is 0.335 e. The largest absolute Gasteiger partial charge is 0.478 e. The Labute approximate surface area is 149 Å². The normalized spacial score (nSPS) is 23.8. The van der Waals surface area contributed by atoms with E-state index in [1.165, 1.54) is 12.1 Å². The number of aliphatic imine (C=N–C) groups is 1. The number of carbonyl (C=O) groups is 1. The smallest absolute Gasteiger partial charge is 0.335 e. The fourth-order valence-electron chi connectivity index (χ4n) is 3.34. The van der Waals surface area contributed by atoms with Crippen molar-refractivity contribution in [3.05, 3.63) is 45.9 Å². The van der Waals surface area contributed by atoms with Gasteiger partial charge < -0.3 is 10.0 Å². The topological polar surface area (TPSA) is 52.9 Å². The van der Waals surface area contributed by atoms with Gasteiger partial charge >= 0.3 is 5.97 Å². The van der Waals surface area contributed by atoms with Gasteiger partial charge in [0.15, 0.2) is 5.17 Å². The third kappa shape index (κ3) is 2.82. The molecule has 0 aliphatic carbocycles. The number of aliphatic carboxylic acids is 1. The van der Waals surface area contributed by atoms with Gasteiger partial charge in [0.05, 0.1) is 17.3 Å². The molecule has 2 heterocycles. The van der Waals surface area contributed by atoms with Gasteiger partial charge in [-0.05, 0) is 31.9 Å². The summed E-state index contributed by atoms with van der Waals surface area (Å²) in [5, 5.41) is 10.7. The first-order valence-electron chi connectivity index (χ1n) is 7.83. The molecule has 0 bridgehead atoms. The van der Waals surface area contributed by atoms with E-state index in [0.29, 0.717) is 5.70 Å². The molecule has 1 fully saturated rings. The van der Waals surface area contributed by atoms with Gasteiger partial charge in [-0.3, -0.25) is 0 Å². The van der Waals surface area contributed by atoms with E-state index in [0.717, 1.165) is 23.8 Å². The lowest BCUT2D eigenvalue weighted by molar-refractivity contribution is -0.133. The van der Waals surface area contributed by atoms with Crippen molar-refractivity contribution >= 4 is 34.5 Å². The minimum atomic E-state index is -1.09. The molecule has 2 unspecified atom stereocenters. The van der Waals surface area contributed by atoms with Crippen LogP contribution in [0.3, 0.4) is 0 Å². The Kier molecular flexibility index (Phi) is 4.88. The molecule has 0 radical (unpaired) electrons. The third-order valence-corrected chi connectivity index (χ3v) is 5.81. The highest BCUT2D eigenvalue weighted by atomic mass is 35.5. The van der Waals surface area contributed by atoms with Gasteiger partial charge in [-0.25, -0.2) is 14.2 Å². The second-order valence-electron chi connectivity index (χ2n) is 5.84. The fraction of sp³-hybridized carbons (Fsp3) is 0.412. The van der Waals surface area contributed by atoms with Gasteiger partial charge in [0.2, 0.25) is 0 Å². The van der Waals surface area contributed by atoms with Crippen LogP contribution in [0, 0.1) is 5.82 Å². The quantitative estimate of drug-likeness (QED) is 0.855. The van der Waals surface area contributed by atoms with Crippen LogP contribution in [0.15, 0.2) is 34.5 Å². The molecule has 1 aromatic rings. The molecule has 24 heavy (non-hydrogen) atoms. The number of carboxylic acid groups (broad SMARTS) is 1. The second kappa shape index (κ2) is 6.76. The van der Waals surface area contributed by atoms with Gasteiger partial charge in [0.25, 0.3) is 0 Å². The van der Waals surface area contributed by atoms with Crippen molar-refractivity contribution < 1.29 is 14.3 Å². The highest BCUT2D eigenvalue weighted by Crippen LogP contribution is 2.44. The highest BCUT2D eigenvalue weighted by molar-refractivity contribution is 8.13. The van der Waals surface area contributed by atoms with Crippen molar-refractivity contribution in [1.29, 1.82) is 0 Å². The average Bonchev–Trinajstić information content (AvgIpc) is 2.53. The van der Waals surface area contributed by atoms with Gasteiger partial charge in [-0.2, -0.15) is 0 Å². The Bertz CT molecular complexity index is 730. The molecule has 0 saturated carbocycles. The lowest BCUT2D eigenvalue weighted by Crippen LogP contribution is -2.48. The number of halogens is 2. The van der Waals surface area contributed by atoms with Crippen LogP contribution in [0.4, 0.5) is 4.39 Å². The monoisotopic (exact) mass is 368 g/mol. The SMILES string of the molecule is CCC1CCSC2=NC(C)=C(C(=O)O)C(c3c(F)cccc3Cl)N21. The molecule has 2 atom stereocenters. The zero-order valence-corrected chi connectivity index (χ0v) is 15.0. The van der Waals surface area contributed by atoms with Crippen LogP contribution in [-0.4, -0.2) is 32.9 Å². The molecule has 0 spiro atoms. The molecule has 2 aliphatic heterocycles. The minimum Gasteiger partial charge on any atom is -0.478 e. The van der Waals surface area contributed by atoms with Crippen LogP contribution >= 0.6 is 23.4 Å². The van der Waals surface area contributed by atoms with E-state index in [9.17, 15) is 14.3 Å². The van der Waals surface area contributed by atoms with Crippen molar-refractivity contribution in [3.8, 4) is 0 Å². The van der Waals surface area contributed by atoms with Crippen molar-refractivity contribution in [1.82, 2.24) is 4.90 Å². The number of fused-ring (bicyclic) bond motifs is 1. The summed E-state index contributed by atoms with van der Waals surface area (Å²) >= 11 is 7.85. The maximum absolute atomic E-state index is 14.6. The molecule has 4 nitrogen and oxygen atoms in total. The Morgan fingerprint density at radius 3 is 2.92 bits per heavy atom. The van der Waals surface area contributed by atoms with E-state index in [-0.39, 0.29) is 22.2 Å². The molecule has 1 aromatic carbocycles. The summed E-state index contributed by atoms with van der Waals surface area (Å²) in [5.41, 5.74) is 0.707. The van der Waals surface area contributed by atoms with Crippen LogP contribution in [0.1, 0.15) is 38.3 Å². The average molecular weight is 369 g/mol. The first-order chi connectivity index (χ1) is 11.5. The predicted octanol–water partition coefficient (Wildman–Crippen LogP) is 4.47. The molecule has 1 N–H and O–H groups in total. The van der Waals surface area contributed by atoms with Crippen molar-refractivity contribution in [2.24, 2.45) is 4.99 Å². The molecular weight excluding hydrogens is 351 g/mol. The first kappa shape index (κ1) is 17.3. The van der Waals surface area contributed by atoms with Crippen molar-refractivity contribution in [2.45, 2.75) is 38.8 Å². The molecule has 1 saturated heterocycles. The van der Waals surface area contributed by atoms with Gasteiger partial charge in [0.1, 0.15) is 5.82 Å². The lowest BCUT2D eigenvalue weighted by atomic mass is 9.92. The third-order valence-electron chi connectivity index (χ3n) is 4.48. The Balaban J connectivity index is 2.25. The molecule has 7 heteroatoms. The van der Waals surface area contributed by atoms with Crippen LogP contribution in [-0.2, 0) is 4.79 Å². The Hall–Kier alpha value is -1.53. The van der Waals surface area contributed by atoms with Crippen molar-refractivity contribution in [3.63, 3.8) is 0 Å². The van der Waals surface area contributed by atoms with Crippen LogP contribution in [0.25, 0.3) is 0 Å². The number of thioether (sulfide) groups is 1. The summed E-state index contributed by atoms with van der Waals surface area (Å²) in [4.78, 5) is 18.3. The first-order valence-corrected chi connectivity index (χ1v) is 9.19. The summed E-state index contributed by atoms with van der Waals surface area (Å²) in [5.74, 6) is -0.669. The van der Waals surface area contributed by atoms with Gasteiger partial charge in [-0.15, -0.1) is 0 Å². The second-order valence-corrected chi connectivity index (χ2v) is 7.31. The van der Waals surface area contributed by atoms with Gasteiger partial charge in [0, 0.05) is 22.4 Å². The van der Waals surface area contributed by atoms with E-state index in [1.807, 2.05) is 11.8 Å². The zero-order chi connectivity index (χ0) is 17.4. The number of allylic oxidation sites excluding steroid dienone is 1. The summed E-state index contributed by atoms with van der Waals surface area (Å²) in [6.07, 6.45) is 1.73. The number of hydrogen-bond acceptors (Lipinski definition) is 4.